The molecule has 30 heavy (non-hydrogen) atoms. The van der Waals surface area contributed by atoms with Crippen LogP contribution in [0.4, 0.5) is 0 Å². The maximum atomic E-state index is 13.2. The first-order chi connectivity index (χ1) is 14.5. The first-order valence-corrected chi connectivity index (χ1v) is 11.5. The van der Waals surface area contributed by atoms with E-state index in [-0.39, 0.29) is 18.0 Å². The summed E-state index contributed by atoms with van der Waals surface area (Å²) >= 11 is 0. The molecule has 0 spiro atoms. The maximum absolute atomic E-state index is 13.2. The van der Waals surface area contributed by atoms with Gasteiger partial charge in [0.15, 0.2) is 21.3 Å². The van der Waals surface area contributed by atoms with Crippen molar-refractivity contribution in [2.24, 2.45) is 7.05 Å². The maximum Gasteiger partial charge on any atom is 0.231 e. The fourth-order valence-corrected chi connectivity index (χ4v) is 7.10. The second kappa shape index (κ2) is 6.33. The second-order valence-corrected chi connectivity index (χ2v) is 10.4. The Morgan fingerprint density at radius 1 is 1.07 bits per heavy atom. The van der Waals surface area contributed by atoms with Crippen LogP contribution in [0.25, 0.3) is 11.1 Å². The van der Waals surface area contributed by atoms with Crippen molar-refractivity contribution in [1.29, 1.82) is 0 Å². The SMILES string of the molecule is Cn1cc(-c2ccc3c(c2)C2CN(Cc4ccc5c(c4)OCO5)CC2S3(=O)=O)cn1. The Balaban J connectivity index is 1.30. The number of benzene rings is 2. The summed E-state index contributed by atoms with van der Waals surface area (Å²) in [4.78, 5) is 2.72. The lowest BCUT2D eigenvalue weighted by atomic mass is 9.95. The van der Waals surface area contributed by atoms with Crippen molar-refractivity contribution in [3.8, 4) is 22.6 Å². The molecule has 7 nitrogen and oxygen atoms in total. The summed E-state index contributed by atoms with van der Waals surface area (Å²) in [5, 5.41) is 3.85. The average Bonchev–Trinajstić information content (AvgIpc) is 3.48. The molecule has 3 aliphatic rings. The molecule has 4 heterocycles. The zero-order chi connectivity index (χ0) is 20.5. The molecule has 3 aromatic rings. The summed E-state index contributed by atoms with van der Waals surface area (Å²) in [5.41, 5.74) is 4.04. The van der Waals surface area contributed by atoms with Gasteiger partial charge in [-0.2, -0.15) is 5.10 Å². The van der Waals surface area contributed by atoms with Crippen molar-refractivity contribution in [3.05, 3.63) is 59.9 Å². The van der Waals surface area contributed by atoms with Crippen molar-refractivity contribution < 1.29 is 17.9 Å². The highest BCUT2D eigenvalue weighted by atomic mass is 32.2. The van der Waals surface area contributed by atoms with E-state index in [0.717, 1.165) is 40.3 Å². The van der Waals surface area contributed by atoms with E-state index in [0.29, 0.717) is 18.0 Å². The Morgan fingerprint density at radius 3 is 2.77 bits per heavy atom. The van der Waals surface area contributed by atoms with Crippen molar-refractivity contribution in [2.45, 2.75) is 22.6 Å². The Hall–Kier alpha value is -2.84. The standard InChI is InChI=1S/C22H21N3O4S/c1-24-10-16(8-23-24)15-3-5-21-17(7-15)18-11-25(12-22(18)30(21,26)27)9-14-2-4-19-20(6-14)29-13-28-19/h2-8,10,18,22H,9,11-13H2,1H3. The molecule has 2 aromatic carbocycles. The fraction of sp³-hybridized carbons (Fsp3) is 0.318. The Morgan fingerprint density at radius 2 is 1.93 bits per heavy atom. The molecule has 1 fully saturated rings. The van der Waals surface area contributed by atoms with Crippen molar-refractivity contribution >= 4 is 9.84 Å². The predicted octanol–water partition coefficient (Wildman–Crippen LogP) is 2.57. The highest BCUT2D eigenvalue weighted by Crippen LogP contribution is 2.46. The zero-order valence-corrected chi connectivity index (χ0v) is 17.3. The Kier molecular flexibility index (Phi) is 3.79. The molecule has 2 unspecified atom stereocenters. The number of nitrogens with zero attached hydrogens (tertiary/aromatic N) is 3. The largest absolute Gasteiger partial charge is 0.454 e. The van der Waals surface area contributed by atoms with Gasteiger partial charge in [0.2, 0.25) is 6.79 Å². The van der Waals surface area contributed by atoms with Crippen LogP contribution in [0.3, 0.4) is 0 Å². The fourth-order valence-electron chi connectivity index (χ4n) is 4.90. The molecule has 1 aromatic heterocycles. The van der Waals surface area contributed by atoms with Crippen LogP contribution in [0.2, 0.25) is 0 Å². The normalized spacial score (nSPS) is 23.5. The predicted molar refractivity (Wildman–Crippen MR) is 110 cm³/mol. The minimum Gasteiger partial charge on any atom is -0.454 e. The second-order valence-electron chi connectivity index (χ2n) is 8.23. The van der Waals surface area contributed by atoms with Crippen molar-refractivity contribution in [1.82, 2.24) is 14.7 Å². The highest BCUT2D eigenvalue weighted by molar-refractivity contribution is 7.92. The summed E-state index contributed by atoms with van der Waals surface area (Å²) in [6.45, 7) is 2.21. The lowest BCUT2D eigenvalue weighted by molar-refractivity contribution is 0.174. The van der Waals surface area contributed by atoms with E-state index >= 15 is 0 Å². The highest BCUT2D eigenvalue weighted by Gasteiger charge is 2.50. The molecular weight excluding hydrogens is 402 g/mol. The molecular formula is C22H21N3O4S. The van der Waals surface area contributed by atoms with Gasteiger partial charge in [0.1, 0.15) is 0 Å². The number of sulfone groups is 1. The summed E-state index contributed by atoms with van der Waals surface area (Å²) in [7, 11) is -1.44. The van der Waals surface area contributed by atoms with Gasteiger partial charge in [0, 0.05) is 44.4 Å². The van der Waals surface area contributed by atoms with Crippen LogP contribution in [0, 0.1) is 0 Å². The third-order valence-electron chi connectivity index (χ3n) is 6.34. The lowest BCUT2D eigenvalue weighted by Gasteiger charge is -2.17. The molecule has 0 N–H and O–H groups in total. The van der Waals surface area contributed by atoms with E-state index in [1.54, 1.807) is 10.7 Å². The van der Waals surface area contributed by atoms with E-state index in [9.17, 15) is 8.42 Å². The van der Waals surface area contributed by atoms with Gasteiger partial charge in [-0.25, -0.2) is 8.42 Å². The van der Waals surface area contributed by atoms with E-state index < -0.39 is 9.84 Å². The quantitative estimate of drug-likeness (QED) is 0.645. The number of likely N-dealkylation sites (tertiary alicyclic amines) is 1. The van der Waals surface area contributed by atoms with Gasteiger partial charge in [-0.3, -0.25) is 9.58 Å². The molecule has 2 atom stereocenters. The van der Waals surface area contributed by atoms with E-state index in [4.69, 9.17) is 9.47 Å². The molecule has 1 saturated heterocycles. The molecule has 3 aliphatic heterocycles. The van der Waals surface area contributed by atoms with Gasteiger partial charge >= 0.3 is 0 Å². The summed E-state index contributed by atoms with van der Waals surface area (Å²) in [6, 6.07) is 11.6. The van der Waals surface area contributed by atoms with Crippen LogP contribution in [0.15, 0.2) is 53.7 Å². The number of aromatic nitrogens is 2. The summed E-state index contributed by atoms with van der Waals surface area (Å²) in [6.07, 6.45) is 3.76. The molecule has 0 aliphatic carbocycles. The monoisotopic (exact) mass is 423 g/mol. The van der Waals surface area contributed by atoms with Gasteiger partial charge in [-0.05, 0) is 41.0 Å². The first-order valence-electron chi connectivity index (χ1n) is 9.97. The number of aryl methyl sites for hydroxylation is 1. The molecule has 8 heteroatoms. The number of fused-ring (bicyclic) bond motifs is 4. The number of ether oxygens (including phenoxy) is 2. The first kappa shape index (κ1) is 18.0. The molecule has 0 amide bonds. The lowest BCUT2D eigenvalue weighted by Crippen LogP contribution is -2.25. The molecule has 6 rings (SSSR count). The van der Waals surface area contributed by atoms with Crippen LogP contribution in [0.1, 0.15) is 17.0 Å². The zero-order valence-electron chi connectivity index (χ0n) is 16.5. The molecule has 0 bridgehead atoms. The van der Waals surface area contributed by atoms with Crippen molar-refractivity contribution in [2.75, 3.05) is 19.9 Å². The van der Waals surface area contributed by atoms with Crippen molar-refractivity contribution in [3.63, 3.8) is 0 Å². The van der Waals surface area contributed by atoms with Crippen LogP contribution < -0.4 is 9.47 Å². The van der Waals surface area contributed by atoms with Gasteiger partial charge in [-0.1, -0.05) is 12.1 Å². The van der Waals surface area contributed by atoms with Gasteiger partial charge < -0.3 is 9.47 Å². The van der Waals surface area contributed by atoms with Crippen LogP contribution in [-0.2, 0) is 23.4 Å². The Labute approximate surface area is 174 Å². The third kappa shape index (κ3) is 2.67. The third-order valence-corrected chi connectivity index (χ3v) is 8.60. The topological polar surface area (TPSA) is 73.7 Å². The number of rotatable bonds is 3. The Bertz CT molecular complexity index is 1270. The van der Waals surface area contributed by atoms with Gasteiger partial charge in [0.05, 0.1) is 16.3 Å². The van der Waals surface area contributed by atoms with Gasteiger partial charge in [0.25, 0.3) is 0 Å². The molecule has 0 saturated carbocycles. The number of hydrogen-bond acceptors (Lipinski definition) is 6. The molecule has 154 valence electrons. The number of hydrogen-bond donors (Lipinski definition) is 0. The summed E-state index contributed by atoms with van der Waals surface area (Å²) in [5.74, 6) is 1.51. The summed E-state index contributed by atoms with van der Waals surface area (Å²) < 4.78 is 39.0. The van der Waals surface area contributed by atoms with Crippen LogP contribution >= 0.6 is 0 Å². The van der Waals surface area contributed by atoms with Gasteiger partial charge in [-0.15, -0.1) is 0 Å². The van der Waals surface area contributed by atoms with Crippen LogP contribution in [-0.4, -0.2) is 48.2 Å². The average molecular weight is 423 g/mol. The minimum absolute atomic E-state index is 0.00404. The molecule has 0 radical (unpaired) electrons. The van der Waals surface area contributed by atoms with E-state index in [1.165, 1.54) is 0 Å². The minimum atomic E-state index is -3.32. The van der Waals surface area contributed by atoms with E-state index in [2.05, 4.69) is 10.00 Å². The van der Waals surface area contributed by atoms with E-state index in [1.807, 2.05) is 49.8 Å². The smallest absolute Gasteiger partial charge is 0.231 e. The van der Waals surface area contributed by atoms with Crippen LogP contribution in [0.5, 0.6) is 11.5 Å².